The van der Waals surface area contributed by atoms with Gasteiger partial charge in [-0.3, -0.25) is 4.90 Å². The van der Waals surface area contributed by atoms with E-state index in [9.17, 15) is 4.79 Å². The van der Waals surface area contributed by atoms with Crippen LogP contribution in [0.15, 0.2) is 35.9 Å². The molecule has 0 radical (unpaired) electrons. The van der Waals surface area contributed by atoms with Crippen LogP contribution in [0.5, 0.6) is 11.5 Å². The molecule has 1 fully saturated rings. The van der Waals surface area contributed by atoms with Crippen molar-refractivity contribution in [1.29, 1.82) is 0 Å². The van der Waals surface area contributed by atoms with E-state index in [1.165, 1.54) is 33.4 Å². The number of carboxylic acid groups (broad SMARTS) is 1. The second-order valence-electron chi connectivity index (χ2n) is 10.2. The van der Waals surface area contributed by atoms with E-state index >= 15 is 0 Å². The summed E-state index contributed by atoms with van der Waals surface area (Å²) in [6, 6.07) is 10.7. The lowest BCUT2D eigenvalue weighted by Crippen LogP contribution is -2.53. The van der Waals surface area contributed by atoms with Crippen molar-refractivity contribution in [2.45, 2.75) is 59.7 Å². The highest BCUT2D eigenvalue weighted by molar-refractivity contribution is 5.74. The van der Waals surface area contributed by atoms with Gasteiger partial charge in [0.2, 0.25) is 0 Å². The Morgan fingerprint density at radius 2 is 1.89 bits per heavy atom. The number of nitrogens with zero attached hydrogens (tertiary/aromatic N) is 1. The van der Waals surface area contributed by atoms with E-state index in [1.807, 2.05) is 0 Å². The summed E-state index contributed by atoms with van der Waals surface area (Å²) in [5.74, 6) is 2.40. The molecule has 0 aromatic heterocycles. The van der Waals surface area contributed by atoms with Gasteiger partial charge < -0.3 is 19.3 Å². The number of carbonyl (C=O) groups is 1. The lowest BCUT2D eigenvalue weighted by molar-refractivity contribution is -0.0292. The fraction of sp³-hybridized carbons (Fsp3) is 0.483. The Bertz CT molecular complexity index is 1110. The van der Waals surface area contributed by atoms with Gasteiger partial charge in [-0.2, -0.15) is 0 Å². The van der Waals surface area contributed by atoms with Crippen LogP contribution in [0.4, 0.5) is 4.79 Å². The number of hydrogen-bond donors (Lipinski definition) is 1. The van der Waals surface area contributed by atoms with Crippen LogP contribution in [0.2, 0.25) is 0 Å². The van der Waals surface area contributed by atoms with Gasteiger partial charge in [0.1, 0.15) is 24.2 Å². The zero-order valence-corrected chi connectivity index (χ0v) is 21.5. The van der Waals surface area contributed by atoms with Gasteiger partial charge >= 0.3 is 6.16 Å². The highest BCUT2D eigenvalue weighted by Gasteiger charge is 2.31. The van der Waals surface area contributed by atoms with Crippen LogP contribution in [0, 0.1) is 12.8 Å². The van der Waals surface area contributed by atoms with Crippen molar-refractivity contribution in [3.8, 4) is 11.5 Å². The summed E-state index contributed by atoms with van der Waals surface area (Å²) >= 11 is 0. The molecule has 4 rings (SSSR count). The molecule has 2 aromatic rings. The third-order valence-corrected chi connectivity index (χ3v) is 7.14. The smallest absolute Gasteiger partial charge is 0.496 e. The van der Waals surface area contributed by atoms with Crippen LogP contribution in [0.25, 0.3) is 5.57 Å². The van der Waals surface area contributed by atoms with E-state index in [1.54, 1.807) is 7.11 Å². The Labute approximate surface area is 208 Å². The average Bonchev–Trinajstić information content (AvgIpc) is 2.78. The molecule has 0 saturated carbocycles. The Hall–Kier alpha value is -2.99. The van der Waals surface area contributed by atoms with E-state index in [0.717, 1.165) is 42.9 Å². The number of ether oxygens (including phenoxy) is 3. The highest BCUT2D eigenvalue weighted by atomic mass is 16.7. The summed E-state index contributed by atoms with van der Waals surface area (Å²) in [6.45, 7) is 11.5. The molecule has 6 heteroatoms. The van der Waals surface area contributed by atoms with Gasteiger partial charge in [0.05, 0.1) is 7.11 Å². The monoisotopic (exact) mass is 479 g/mol. The maximum atomic E-state index is 10.7. The first-order valence-electron chi connectivity index (χ1n) is 12.5. The van der Waals surface area contributed by atoms with E-state index in [0.29, 0.717) is 25.6 Å². The average molecular weight is 480 g/mol. The Balaban J connectivity index is 1.43. The number of fused-ring (bicyclic) bond motifs is 1. The van der Waals surface area contributed by atoms with Crippen molar-refractivity contribution in [3.05, 3.63) is 63.7 Å². The predicted octanol–water partition coefficient (Wildman–Crippen LogP) is 5.88. The summed E-state index contributed by atoms with van der Waals surface area (Å²) in [4.78, 5) is 12.9. The normalized spacial score (nSPS) is 16.2. The minimum absolute atomic E-state index is 0.198. The van der Waals surface area contributed by atoms with E-state index < -0.39 is 6.16 Å². The number of allylic oxidation sites excluding steroid dienone is 1. The summed E-state index contributed by atoms with van der Waals surface area (Å²) in [6.07, 6.45) is 1.64. The standard InChI is InChI=1S/C29H37NO5/c1-18(2)12-21-6-7-23(28(13-21)33-5)17-34-27-11-10-25-19(3)22(8-9-26(25)20(27)4)14-30-15-24(16-30)35-29(31)32/h6-7,10-11,13,18,24H,8-9,12,14-17H2,1-5H3,(H,31,32). The van der Waals surface area contributed by atoms with E-state index in [2.05, 4.69) is 62.9 Å². The second kappa shape index (κ2) is 10.7. The molecule has 2 aromatic carbocycles. The molecular formula is C29H37NO5. The molecule has 0 bridgehead atoms. The van der Waals surface area contributed by atoms with Crippen LogP contribution in [-0.2, 0) is 24.2 Å². The summed E-state index contributed by atoms with van der Waals surface area (Å²) in [5.41, 5.74) is 8.94. The molecule has 0 atom stereocenters. The largest absolute Gasteiger partial charge is 0.506 e. The van der Waals surface area contributed by atoms with Crippen LogP contribution in [0.3, 0.4) is 0 Å². The van der Waals surface area contributed by atoms with Crippen molar-refractivity contribution in [3.63, 3.8) is 0 Å². The molecule has 188 valence electrons. The fourth-order valence-electron chi connectivity index (χ4n) is 5.22. The topological polar surface area (TPSA) is 68.2 Å². The molecule has 1 aliphatic carbocycles. The van der Waals surface area contributed by atoms with Gasteiger partial charge in [-0.25, -0.2) is 4.79 Å². The van der Waals surface area contributed by atoms with Crippen LogP contribution >= 0.6 is 0 Å². The Kier molecular flexibility index (Phi) is 7.70. The molecule has 0 amide bonds. The predicted molar refractivity (Wildman–Crippen MR) is 137 cm³/mol. The van der Waals surface area contributed by atoms with Crippen molar-refractivity contribution < 1.29 is 24.1 Å². The molecular weight excluding hydrogens is 442 g/mol. The number of benzene rings is 2. The first kappa shape index (κ1) is 25.1. The molecule has 1 heterocycles. The van der Waals surface area contributed by atoms with Crippen molar-refractivity contribution in [2.75, 3.05) is 26.7 Å². The van der Waals surface area contributed by atoms with E-state index in [4.69, 9.17) is 19.3 Å². The molecule has 35 heavy (non-hydrogen) atoms. The third kappa shape index (κ3) is 5.81. The van der Waals surface area contributed by atoms with Crippen molar-refractivity contribution in [1.82, 2.24) is 4.90 Å². The quantitative estimate of drug-likeness (QED) is 0.453. The molecule has 2 aliphatic rings. The SMILES string of the molecule is COc1cc(CC(C)C)ccc1COc1ccc2c(c1C)CCC(CN1CC(OC(=O)O)C1)=C2C. The van der Waals surface area contributed by atoms with Gasteiger partial charge in [-0.05, 0) is 79.0 Å². The van der Waals surface area contributed by atoms with E-state index in [-0.39, 0.29) is 6.10 Å². The molecule has 1 N–H and O–H groups in total. The first-order valence-corrected chi connectivity index (χ1v) is 12.5. The summed E-state index contributed by atoms with van der Waals surface area (Å²) in [7, 11) is 1.72. The molecule has 0 spiro atoms. The van der Waals surface area contributed by atoms with Crippen LogP contribution in [0.1, 0.15) is 55.0 Å². The lowest BCUT2D eigenvalue weighted by Gasteiger charge is -2.39. The Morgan fingerprint density at radius 3 is 2.57 bits per heavy atom. The molecule has 1 saturated heterocycles. The highest BCUT2D eigenvalue weighted by Crippen LogP contribution is 2.37. The van der Waals surface area contributed by atoms with Gasteiger partial charge in [0.15, 0.2) is 0 Å². The maximum absolute atomic E-state index is 10.7. The number of likely N-dealkylation sites (tertiary alicyclic amines) is 1. The van der Waals surface area contributed by atoms with Crippen molar-refractivity contribution >= 4 is 11.7 Å². The summed E-state index contributed by atoms with van der Waals surface area (Å²) in [5, 5.41) is 8.76. The van der Waals surface area contributed by atoms with Crippen LogP contribution < -0.4 is 9.47 Å². The fourth-order valence-corrected chi connectivity index (χ4v) is 5.22. The van der Waals surface area contributed by atoms with Crippen molar-refractivity contribution in [2.24, 2.45) is 5.92 Å². The molecule has 6 nitrogen and oxygen atoms in total. The van der Waals surface area contributed by atoms with Gasteiger partial charge in [0, 0.05) is 25.2 Å². The lowest BCUT2D eigenvalue weighted by atomic mass is 9.83. The van der Waals surface area contributed by atoms with Gasteiger partial charge in [-0.15, -0.1) is 0 Å². The third-order valence-electron chi connectivity index (χ3n) is 7.14. The Morgan fingerprint density at radius 1 is 1.11 bits per heavy atom. The second-order valence-corrected chi connectivity index (χ2v) is 10.2. The minimum atomic E-state index is -1.19. The number of methoxy groups -OCH3 is 1. The number of rotatable bonds is 9. The summed E-state index contributed by atoms with van der Waals surface area (Å²) < 4.78 is 16.8. The number of hydrogen-bond acceptors (Lipinski definition) is 5. The molecule has 0 unspecified atom stereocenters. The zero-order chi connectivity index (χ0) is 25.1. The first-order chi connectivity index (χ1) is 16.7. The maximum Gasteiger partial charge on any atom is 0.506 e. The van der Waals surface area contributed by atoms with Crippen LogP contribution in [-0.4, -0.2) is 49.0 Å². The van der Waals surface area contributed by atoms with Gasteiger partial charge in [-0.1, -0.05) is 37.6 Å². The minimum Gasteiger partial charge on any atom is -0.496 e. The van der Waals surface area contributed by atoms with Gasteiger partial charge in [0.25, 0.3) is 0 Å². The molecule has 1 aliphatic heterocycles. The zero-order valence-electron chi connectivity index (χ0n) is 21.5.